The molecule has 0 aromatic heterocycles. The number of para-hydroxylation sites is 2. The maximum absolute atomic E-state index is 11.7. The van der Waals surface area contributed by atoms with Crippen LogP contribution in [0.1, 0.15) is 59.6 Å². The molecule has 1 amide bonds. The van der Waals surface area contributed by atoms with Gasteiger partial charge in [-0.15, -0.1) is 0 Å². The monoisotopic (exact) mass is 821 g/mol. The van der Waals surface area contributed by atoms with Crippen molar-refractivity contribution in [3.63, 3.8) is 0 Å². The number of carbonyl (C=O) groups is 1. The average Bonchev–Trinajstić information content (AvgIpc) is 3.54. The number of hydrogen-bond acceptors (Lipinski definition) is 10. The topological polar surface area (TPSA) is 109 Å². The van der Waals surface area contributed by atoms with E-state index in [4.69, 9.17) is 37.9 Å². The third-order valence-corrected chi connectivity index (χ3v) is 10.1. The molecule has 4 rings (SSSR count). The summed E-state index contributed by atoms with van der Waals surface area (Å²) in [6.07, 6.45) is 10.4. The van der Waals surface area contributed by atoms with Gasteiger partial charge in [0.25, 0.3) is 0 Å². The molecule has 0 spiro atoms. The first-order chi connectivity index (χ1) is 28.4. The van der Waals surface area contributed by atoms with Crippen LogP contribution in [0.2, 0.25) is 0 Å². The van der Waals surface area contributed by atoms with Gasteiger partial charge >= 0.3 is 6.09 Å². The predicted molar refractivity (Wildman–Crippen MR) is 233 cm³/mol. The lowest BCUT2D eigenvalue weighted by Gasteiger charge is -2.27. The van der Waals surface area contributed by atoms with Gasteiger partial charge in [0, 0.05) is 54.7 Å². The number of anilines is 1. The second kappa shape index (κ2) is 24.4. The smallest absolute Gasteiger partial charge is 0.407 e. The minimum atomic E-state index is -0.522. The zero-order valence-corrected chi connectivity index (χ0v) is 36.9. The SMILES string of the molecule is COCCOCCOCCOCCN1/C(=C/C=C/C=C/C2=[N+](CCOCCOCCOCCNC(=O)OC(C)(C)C)c3ccccc3C2(C)C)C(C)(C)c2ccccc21. The van der Waals surface area contributed by atoms with E-state index in [1.807, 2.05) is 20.8 Å². The molecule has 59 heavy (non-hydrogen) atoms. The van der Waals surface area contributed by atoms with E-state index in [2.05, 4.69) is 121 Å². The molecule has 0 aliphatic carbocycles. The van der Waals surface area contributed by atoms with Crippen molar-refractivity contribution in [1.82, 2.24) is 5.32 Å². The molecule has 2 heterocycles. The van der Waals surface area contributed by atoms with Gasteiger partial charge in [-0.2, -0.15) is 4.58 Å². The van der Waals surface area contributed by atoms with Gasteiger partial charge < -0.3 is 48.1 Å². The van der Waals surface area contributed by atoms with Crippen molar-refractivity contribution in [1.29, 1.82) is 0 Å². The number of carbonyl (C=O) groups excluding carboxylic acids is 1. The number of ether oxygens (including phenoxy) is 8. The number of hydrogen-bond donors (Lipinski definition) is 1. The van der Waals surface area contributed by atoms with Crippen LogP contribution in [0, 0.1) is 0 Å². The summed E-state index contributed by atoms with van der Waals surface area (Å²) in [5.41, 5.74) is 6.67. The third-order valence-electron chi connectivity index (χ3n) is 10.1. The van der Waals surface area contributed by atoms with Crippen molar-refractivity contribution in [3.05, 3.63) is 95.7 Å². The van der Waals surface area contributed by atoms with Gasteiger partial charge in [0.05, 0.1) is 84.7 Å². The van der Waals surface area contributed by atoms with E-state index >= 15 is 0 Å². The third kappa shape index (κ3) is 15.0. The van der Waals surface area contributed by atoms with Crippen LogP contribution in [-0.4, -0.2) is 135 Å². The van der Waals surface area contributed by atoms with Crippen LogP contribution in [0.3, 0.4) is 0 Å². The van der Waals surface area contributed by atoms with Gasteiger partial charge in [0.2, 0.25) is 5.69 Å². The Morgan fingerprint density at radius 2 is 1.24 bits per heavy atom. The first kappa shape index (κ1) is 47.8. The molecule has 2 aliphatic rings. The van der Waals surface area contributed by atoms with Crippen LogP contribution in [0.4, 0.5) is 16.2 Å². The molecule has 2 aliphatic heterocycles. The highest BCUT2D eigenvalue weighted by atomic mass is 16.6. The quantitative estimate of drug-likeness (QED) is 0.0569. The normalized spacial score (nSPS) is 16.5. The number of methoxy groups -OCH3 is 1. The molecule has 0 saturated carbocycles. The molecule has 2 aromatic carbocycles. The number of rotatable bonds is 27. The lowest BCUT2D eigenvalue weighted by molar-refractivity contribution is -0.442. The Hall–Kier alpha value is -3.88. The lowest BCUT2D eigenvalue weighted by atomic mass is 9.81. The maximum Gasteiger partial charge on any atom is 0.407 e. The molecule has 0 saturated heterocycles. The second-order valence-electron chi connectivity index (χ2n) is 16.4. The fraction of sp³-hybridized carbons (Fsp3) is 0.574. The first-order valence-corrected chi connectivity index (χ1v) is 21.0. The van der Waals surface area contributed by atoms with Crippen LogP contribution in [0.5, 0.6) is 0 Å². The standard InChI is InChI=1S/C47H69N3O9/c1-45(2,3)59-44(51)48-22-25-53-30-33-57-34-31-54-26-23-49-40-18-14-12-16-38(40)46(4,5)42(49)20-10-9-11-21-43-47(6,7)39-17-13-15-19-41(39)50(43)24-27-55-32-35-58-37-36-56-29-28-52-8/h9-21H,22-37H2,1-8H3/p+1. The van der Waals surface area contributed by atoms with E-state index in [1.54, 1.807) is 7.11 Å². The van der Waals surface area contributed by atoms with E-state index < -0.39 is 11.7 Å². The molecule has 0 fully saturated rings. The highest BCUT2D eigenvalue weighted by Crippen LogP contribution is 2.47. The molecule has 0 unspecified atom stereocenters. The molecule has 1 N–H and O–H groups in total. The van der Waals surface area contributed by atoms with Crippen molar-refractivity contribution in [2.45, 2.75) is 64.9 Å². The Balaban J connectivity index is 1.27. The van der Waals surface area contributed by atoms with E-state index in [0.717, 1.165) is 13.1 Å². The number of alkyl carbamates (subject to hydrolysis) is 1. The van der Waals surface area contributed by atoms with Crippen molar-refractivity contribution >= 4 is 23.2 Å². The molecule has 12 nitrogen and oxygen atoms in total. The van der Waals surface area contributed by atoms with E-state index in [9.17, 15) is 4.79 Å². The number of amides is 1. The Labute approximate surface area is 353 Å². The summed E-state index contributed by atoms with van der Waals surface area (Å²) in [4.78, 5) is 14.1. The predicted octanol–water partition coefficient (Wildman–Crippen LogP) is 7.13. The minimum absolute atomic E-state index is 0.155. The summed E-state index contributed by atoms with van der Waals surface area (Å²) in [6.45, 7) is 23.2. The summed E-state index contributed by atoms with van der Waals surface area (Å²) in [6, 6.07) is 17.3. The lowest BCUT2D eigenvalue weighted by Crippen LogP contribution is -2.34. The Morgan fingerprint density at radius 1 is 0.678 bits per heavy atom. The van der Waals surface area contributed by atoms with Gasteiger partial charge in [0.1, 0.15) is 12.2 Å². The van der Waals surface area contributed by atoms with Crippen LogP contribution < -0.4 is 10.2 Å². The van der Waals surface area contributed by atoms with Crippen LogP contribution in [0.15, 0.2) is 84.6 Å². The first-order valence-electron chi connectivity index (χ1n) is 21.0. The second-order valence-corrected chi connectivity index (χ2v) is 16.4. The Morgan fingerprint density at radius 3 is 1.88 bits per heavy atom. The molecule has 2 aromatic rings. The highest BCUT2D eigenvalue weighted by molar-refractivity contribution is 6.03. The fourth-order valence-electron chi connectivity index (χ4n) is 7.20. The van der Waals surface area contributed by atoms with E-state index in [-0.39, 0.29) is 10.8 Å². The summed E-state index contributed by atoms with van der Waals surface area (Å²) in [5, 5.41) is 2.68. The zero-order chi connectivity index (χ0) is 42.6. The average molecular weight is 821 g/mol. The molecular weight excluding hydrogens is 751 g/mol. The summed E-state index contributed by atoms with van der Waals surface area (Å²) in [7, 11) is 1.66. The van der Waals surface area contributed by atoms with Gasteiger partial charge in [-0.25, -0.2) is 4.79 Å². The number of allylic oxidation sites excluding steroid dienone is 6. The van der Waals surface area contributed by atoms with Crippen molar-refractivity contribution < 1.29 is 47.3 Å². The van der Waals surface area contributed by atoms with Gasteiger partial charge in [0.15, 0.2) is 12.3 Å². The number of nitrogens with zero attached hydrogens (tertiary/aromatic N) is 2. The van der Waals surface area contributed by atoms with Gasteiger partial charge in [-0.05, 0) is 52.3 Å². The Bertz CT molecular complexity index is 1710. The van der Waals surface area contributed by atoms with Crippen molar-refractivity contribution in [3.8, 4) is 0 Å². The van der Waals surface area contributed by atoms with Crippen molar-refractivity contribution in [2.24, 2.45) is 0 Å². The minimum Gasteiger partial charge on any atom is -0.444 e. The summed E-state index contributed by atoms with van der Waals surface area (Å²) < 4.78 is 46.9. The molecule has 0 atom stereocenters. The molecule has 326 valence electrons. The van der Waals surface area contributed by atoms with Crippen LogP contribution in [0.25, 0.3) is 0 Å². The molecular formula is C47H70N3O9+. The summed E-state index contributed by atoms with van der Waals surface area (Å²) >= 11 is 0. The van der Waals surface area contributed by atoms with Crippen LogP contribution >= 0.6 is 0 Å². The molecule has 0 bridgehead atoms. The Kier molecular flexibility index (Phi) is 19.8. The number of benzene rings is 2. The largest absolute Gasteiger partial charge is 0.444 e. The zero-order valence-electron chi connectivity index (χ0n) is 36.9. The molecule has 0 radical (unpaired) electrons. The summed E-state index contributed by atoms with van der Waals surface area (Å²) in [5.74, 6) is 0. The van der Waals surface area contributed by atoms with Gasteiger partial charge in [-0.1, -0.05) is 68.5 Å². The van der Waals surface area contributed by atoms with Gasteiger partial charge in [-0.3, -0.25) is 0 Å². The van der Waals surface area contributed by atoms with Crippen molar-refractivity contribution in [2.75, 3.05) is 118 Å². The van der Waals surface area contributed by atoms with E-state index in [0.29, 0.717) is 92.4 Å². The fourth-order valence-corrected chi connectivity index (χ4v) is 7.20. The van der Waals surface area contributed by atoms with E-state index in [1.165, 1.54) is 33.9 Å². The number of fused-ring (bicyclic) bond motifs is 2. The molecule has 12 heteroatoms. The van der Waals surface area contributed by atoms with Crippen LogP contribution in [-0.2, 0) is 48.7 Å². The highest BCUT2D eigenvalue weighted by Gasteiger charge is 2.44. The maximum atomic E-state index is 11.7. The number of nitrogens with one attached hydrogen (secondary N) is 1.